The number of allylic oxidation sites excluding steroid dienone is 2. The van der Waals surface area contributed by atoms with E-state index >= 15 is 0 Å². The van der Waals surface area contributed by atoms with Gasteiger partial charge in [-0.25, -0.2) is 67.8 Å². The van der Waals surface area contributed by atoms with Crippen LogP contribution in [-0.2, 0) is 90.7 Å². The molecule has 10 atom stereocenters. The van der Waals surface area contributed by atoms with Crippen molar-refractivity contribution in [2.24, 2.45) is 23.5 Å². The first-order valence-electron chi connectivity index (χ1n) is 46.6. The smallest absolute Gasteiger partial charge is 0.481 e. The number of nitrogens with two attached hydrogens (primary N) is 1. The van der Waals surface area contributed by atoms with Crippen molar-refractivity contribution in [3.63, 3.8) is 0 Å². The molecule has 0 saturated carbocycles. The van der Waals surface area contributed by atoms with E-state index in [1.165, 1.54) is 75.8 Å². The first kappa shape index (κ1) is 124. The fourth-order valence-corrected chi connectivity index (χ4v) is 14.9. The average molecular weight is 2100 g/mol. The molecule has 0 spiro atoms. The summed E-state index contributed by atoms with van der Waals surface area (Å²) >= 11 is 0. The van der Waals surface area contributed by atoms with Gasteiger partial charge in [-0.05, 0) is 201 Å². The van der Waals surface area contributed by atoms with E-state index in [0.29, 0.717) is 119 Å². The van der Waals surface area contributed by atoms with Crippen LogP contribution in [0.2, 0.25) is 0 Å². The predicted octanol–water partition coefficient (Wildman–Crippen LogP) is 17.3. The minimum Gasteiger partial charge on any atom is -0.481 e. The highest BCUT2D eigenvalue weighted by atomic mass is 35.5. The van der Waals surface area contributed by atoms with E-state index in [2.05, 4.69) is 21.4 Å². The van der Waals surface area contributed by atoms with E-state index in [-0.39, 0.29) is 50.2 Å². The number of para-hydroxylation sites is 1. The molecule has 13 rings (SSSR count). The monoisotopic (exact) mass is 2100 g/mol. The number of ether oxygens (including phenoxy) is 11. The highest BCUT2D eigenvalue weighted by Gasteiger charge is 2.44. The third kappa shape index (κ3) is 40.0. The number of amides is 3. The third-order valence-electron chi connectivity index (χ3n) is 21.8. The summed E-state index contributed by atoms with van der Waals surface area (Å²) in [5, 5.41) is 29.0. The van der Waals surface area contributed by atoms with Crippen LogP contribution in [0.25, 0.3) is 11.3 Å². The van der Waals surface area contributed by atoms with Gasteiger partial charge in [-0.2, -0.15) is 30.4 Å². The Hall–Kier alpha value is -10.8. The van der Waals surface area contributed by atoms with Crippen molar-refractivity contribution < 1.29 is 159 Å². The number of carbonyl (C=O) groups excluding carboxylic acids is 5. The first-order chi connectivity index (χ1) is 68.7. The number of carboxylic acid groups (broad SMARTS) is 1. The summed E-state index contributed by atoms with van der Waals surface area (Å²) < 4.78 is 188. The van der Waals surface area contributed by atoms with Crippen LogP contribution in [0.3, 0.4) is 0 Å². The lowest BCUT2D eigenvalue weighted by molar-refractivity contribution is -0.160. The van der Waals surface area contributed by atoms with Gasteiger partial charge < -0.3 is 73.1 Å². The molecule has 1 aromatic heterocycles. The number of aromatic nitrogens is 2. The summed E-state index contributed by atoms with van der Waals surface area (Å²) in [6.07, 6.45) is 1.17. The number of nitrogens with one attached hydrogen (secondary N) is 2. The second kappa shape index (κ2) is 60.6. The standard InChI is InChI=1S/C29H33F2N5O3.C14H17F2NO4.C13H15F2NO4.C13H17F2NO2.C13H25NO6.C12H16F2N2O2.C6H12O3.ClH/c1-19-26(20-9-5-3-6-10-20)34-36(22-11-7-4-8-12-22)28(19)33-29(37)32-25-18-35(15-16-38-2)39-27(25)21-13-14-23(30)24(31)17-21;1-19-6-5-17-8-10(14(18)20-2)13(21-17)9-3-4-11(15)12(16)7-9;1-19-5-4-16-7-9(13(17)18)12(20-16)8-2-3-10(14)11(15)6-8;1-9-8-16(5-6-17-2)18-13(9)10-3-4-11(14)12(15)7-10;1-12(2,3)18-10(15)14(8-9-17-7)20-11(16)19-13(4,5)6;1-17-5-4-16-7-11(15)12(18-16)8-2-3-9(13)10(14)6-8;1-6(2,3)9-5(7)8-4;/h4,7-9,11-14,17,25,27H,3,5-6,10,15-16,18H2,1-2H3,(H2,32,33,37);3-4,7,10,13H,5-6,8H2,1-2H3;2-3,6,9,12H,4-5,7H2,1H3,(H,17,18);3-4,7,9,13H,5-6,8H2,1-2H3;8-9H2,1-7H3;2-3,6,11-12H,4-5,7,15H2,1H3;1-4H3;1H/t25-,27+;10-,13+;9-,12+;9-,13-;;11-,12+;;/m1111.1../s1. The van der Waals surface area contributed by atoms with Crippen molar-refractivity contribution in [3.05, 3.63) is 225 Å². The maximum absolute atomic E-state index is 14.0. The van der Waals surface area contributed by atoms with Gasteiger partial charge in [0, 0.05) is 120 Å². The summed E-state index contributed by atoms with van der Waals surface area (Å²) in [6, 6.07) is 26.4. The normalized spacial score (nSPS) is 20.0. The zero-order chi connectivity index (χ0) is 107. The molecular formula is C100H136ClF10N11O24. The second-order valence-electron chi connectivity index (χ2n) is 36.7. The second-order valence-corrected chi connectivity index (χ2v) is 36.7. The Morgan fingerprint density at radius 3 is 1.25 bits per heavy atom. The number of anilines is 1. The van der Waals surface area contributed by atoms with E-state index in [1.807, 2.05) is 44.2 Å². The Morgan fingerprint density at radius 2 is 0.842 bits per heavy atom. The number of urea groups is 1. The molecule has 5 aliphatic heterocycles. The van der Waals surface area contributed by atoms with Crippen molar-refractivity contribution in [1.82, 2.24) is 45.5 Å². The lowest BCUT2D eigenvalue weighted by Gasteiger charge is -2.27. The minimum atomic E-state index is -1.04. The van der Waals surface area contributed by atoms with Gasteiger partial charge in [-0.3, -0.25) is 39.1 Å². The zero-order valence-corrected chi connectivity index (χ0v) is 86.2. The molecule has 5 saturated heterocycles. The van der Waals surface area contributed by atoms with Gasteiger partial charge >= 0.3 is 36.4 Å². The van der Waals surface area contributed by atoms with Crippen LogP contribution in [0.15, 0.2) is 127 Å². The van der Waals surface area contributed by atoms with Gasteiger partial charge in [0.2, 0.25) is 0 Å². The van der Waals surface area contributed by atoms with Crippen molar-refractivity contribution >= 4 is 60.2 Å². The van der Waals surface area contributed by atoms with E-state index in [9.17, 15) is 77.8 Å². The maximum Gasteiger partial charge on any atom is 0.534 e. The number of carbonyl (C=O) groups is 6. The number of hydrogen-bond donors (Lipinski definition) is 4. The Balaban J connectivity index is 0.000000270. The van der Waals surface area contributed by atoms with Gasteiger partial charge in [0.1, 0.15) is 65.0 Å². The molecule has 3 amide bonds. The Morgan fingerprint density at radius 1 is 0.459 bits per heavy atom. The Labute approximate surface area is 849 Å². The summed E-state index contributed by atoms with van der Waals surface area (Å²) in [6.45, 7) is 26.8. The highest BCUT2D eigenvalue weighted by molar-refractivity contribution is 5.91. The van der Waals surface area contributed by atoms with Crippen LogP contribution in [0.5, 0.6) is 0 Å². The molecule has 6 aromatic carbocycles. The SMILES string of the molecule is COC(=O)OC(C)(C)C.COCCN(OC(=O)OC(C)(C)C)C(=O)OC(C)(C)C.COCCN1C[C@@H](C(=O)O)[C@H](c2ccc(F)c(F)c2)O1.COCCN1C[C@@H](C(=O)OC)[C@H](c2ccc(F)c(F)c2)O1.COCCN1C[C@@H](C)[C@H](c2ccc(F)c(F)c2)O1.COCCN1C[C@@H](N)[C@H](c2ccc(F)c(F)c2)O1.COCCN1C[C@@H](NC(=O)Nc2c(C)c(C3=CCCCC3)nn2-c2ccccc2)[C@H](c2ccc(F)c(F)c2)O1.Cl. The van der Waals surface area contributed by atoms with E-state index in [0.717, 1.165) is 102 Å². The summed E-state index contributed by atoms with van der Waals surface area (Å²) in [4.78, 5) is 104. The molecule has 5 fully saturated rings. The van der Waals surface area contributed by atoms with E-state index in [4.69, 9.17) is 87.2 Å². The number of aliphatic carboxylic acids is 1. The first-order valence-corrected chi connectivity index (χ1v) is 46.6. The van der Waals surface area contributed by atoms with Crippen LogP contribution in [0.1, 0.15) is 165 Å². The summed E-state index contributed by atoms with van der Waals surface area (Å²) in [5.41, 5.74) is 10.2. The van der Waals surface area contributed by atoms with Crippen LogP contribution < -0.4 is 16.4 Å². The minimum absolute atomic E-state index is 0. The van der Waals surface area contributed by atoms with Crippen molar-refractivity contribution in [3.8, 4) is 5.69 Å². The number of benzene rings is 6. The van der Waals surface area contributed by atoms with Crippen molar-refractivity contribution in [2.45, 2.75) is 161 Å². The highest BCUT2D eigenvalue weighted by Crippen LogP contribution is 2.41. The van der Waals surface area contributed by atoms with Crippen LogP contribution in [-0.4, -0.2) is 279 Å². The lowest BCUT2D eigenvalue weighted by Crippen LogP contribution is -2.42. The molecular weight excluding hydrogens is 1960 g/mol. The molecule has 35 nitrogen and oxygen atoms in total. The largest absolute Gasteiger partial charge is 0.534 e. The van der Waals surface area contributed by atoms with Gasteiger partial charge in [0.25, 0.3) is 0 Å². The molecule has 6 heterocycles. The fourth-order valence-electron chi connectivity index (χ4n) is 14.9. The van der Waals surface area contributed by atoms with E-state index in [1.54, 1.807) is 122 Å². The number of rotatable bonds is 29. The van der Waals surface area contributed by atoms with E-state index < -0.39 is 154 Å². The Bertz CT molecular complexity index is 5210. The molecule has 5 N–H and O–H groups in total. The molecule has 812 valence electrons. The fraction of sp³-hybridized carbons (Fsp3) is 0.530. The molecule has 7 aromatic rings. The summed E-state index contributed by atoms with van der Waals surface area (Å²) in [5.74, 6) is -11.4. The number of carboxylic acids is 1. The third-order valence-corrected chi connectivity index (χ3v) is 21.8. The summed E-state index contributed by atoms with van der Waals surface area (Å²) in [7, 11) is 11.9. The topological polar surface area (TPSA) is 367 Å². The number of hydroxylamine groups is 12. The molecule has 0 radical (unpaired) electrons. The molecule has 1 aliphatic carbocycles. The molecule has 6 aliphatic rings. The molecule has 0 unspecified atom stereocenters. The number of nitrogens with zero attached hydrogens (tertiary/aromatic N) is 8. The van der Waals surface area contributed by atoms with Crippen LogP contribution >= 0.6 is 12.4 Å². The quantitative estimate of drug-likeness (QED) is 0.0146. The number of halogens is 11. The van der Waals surface area contributed by atoms with Crippen molar-refractivity contribution in [1.29, 1.82) is 0 Å². The predicted molar refractivity (Wildman–Crippen MR) is 515 cm³/mol. The Kier molecular flexibility index (Phi) is 51.4. The molecule has 46 heteroatoms. The van der Waals surface area contributed by atoms with Crippen LogP contribution in [0, 0.1) is 82.8 Å². The number of esters is 1. The number of hydrogen-bond acceptors (Lipinski definition) is 30. The zero-order valence-electron chi connectivity index (χ0n) is 85.4. The van der Waals surface area contributed by atoms with Crippen LogP contribution in [0.4, 0.5) is 68.9 Å². The van der Waals surface area contributed by atoms with Gasteiger partial charge in [0.05, 0.1) is 83.9 Å². The van der Waals surface area contributed by atoms with Crippen molar-refractivity contribution in [2.75, 3.05) is 174 Å². The van der Waals surface area contributed by atoms with Gasteiger partial charge in [-0.15, -0.1) is 17.5 Å². The maximum atomic E-state index is 14.0. The lowest BCUT2D eigenvalue weighted by atomic mass is 9.95. The molecule has 0 bridgehead atoms. The molecule has 146 heavy (non-hydrogen) atoms. The van der Waals surface area contributed by atoms with Gasteiger partial charge in [-0.1, -0.05) is 61.5 Å². The number of methoxy groups -OCH3 is 8. The average Bonchev–Trinajstić information content (AvgIpc) is 1.65. The van der Waals surface area contributed by atoms with Gasteiger partial charge in [0.15, 0.2) is 58.2 Å².